The van der Waals surface area contributed by atoms with Crippen molar-refractivity contribution in [1.82, 2.24) is 10.2 Å². The molecule has 1 aromatic carbocycles. The van der Waals surface area contributed by atoms with Crippen molar-refractivity contribution in [2.24, 2.45) is 0 Å². The van der Waals surface area contributed by atoms with E-state index in [-0.39, 0.29) is 17.6 Å². The Labute approximate surface area is 142 Å². The lowest BCUT2D eigenvalue weighted by Crippen LogP contribution is -2.57. The van der Waals surface area contributed by atoms with E-state index >= 15 is 0 Å². The molecule has 130 valence electrons. The molecule has 2 aliphatic heterocycles. The van der Waals surface area contributed by atoms with Gasteiger partial charge in [-0.2, -0.15) is 0 Å². The molecule has 0 saturated carbocycles. The molecule has 2 saturated heterocycles. The van der Waals surface area contributed by atoms with Crippen LogP contribution in [0.5, 0.6) is 0 Å². The molecule has 24 heavy (non-hydrogen) atoms. The molecule has 6 heteroatoms. The topological polar surface area (TPSA) is 75.5 Å². The van der Waals surface area contributed by atoms with E-state index in [1.807, 2.05) is 0 Å². The molecular formula is C18H25N3O3. The summed E-state index contributed by atoms with van der Waals surface area (Å²) in [6, 6.07) is 7.24. The van der Waals surface area contributed by atoms with Gasteiger partial charge in [-0.15, -0.1) is 0 Å². The van der Waals surface area contributed by atoms with Gasteiger partial charge in [-0.25, -0.2) is 0 Å². The minimum atomic E-state index is -0.468. The second-order valence-electron chi connectivity index (χ2n) is 6.93. The van der Waals surface area contributed by atoms with Gasteiger partial charge in [0.2, 0.25) is 0 Å². The zero-order valence-corrected chi connectivity index (χ0v) is 14.1. The highest BCUT2D eigenvalue weighted by Gasteiger charge is 2.38. The standard InChI is InChI=1S/C18H25N3O3/c1-2-9-20-15-6-4-7-16(20)12-14(11-15)19-18(22)13-5-3-8-17(10-13)21(23)24/h3,5,8,10,14-16H,2,4,6-7,9,11-12H2,1H3,(H,19,22)/t15-,16-/m1/s1. The van der Waals surface area contributed by atoms with Crippen molar-refractivity contribution >= 4 is 11.6 Å². The number of non-ortho nitro benzene ring substituents is 1. The fourth-order valence-corrected chi connectivity index (χ4v) is 4.25. The molecule has 1 amide bonds. The van der Waals surface area contributed by atoms with Crippen LogP contribution < -0.4 is 5.32 Å². The van der Waals surface area contributed by atoms with E-state index in [0.29, 0.717) is 17.6 Å². The van der Waals surface area contributed by atoms with Gasteiger partial charge in [0.15, 0.2) is 0 Å². The van der Waals surface area contributed by atoms with Crippen LogP contribution in [0.4, 0.5) is 5.69 Å². The van der Waals surface area contributed by atoms with E-state index in [2.05, 4.69) is 17.1 Å². The number of piperidine rings is 2. The fourth-order valence-electron chi connectivity index (χ4n) is 4.25. The van der Waals surface area contributed by atoms with Crippen molar-refractivity contribution < 1.29 is 9.72 Å². The molecule has 1 aromatic rings. The van der Waals surface area contributed by atoms with Gasteiger partial charge in [0.1, 0.15) is 0 Å². The van der Waals surface area contributed by atoms with E-state index in [9.17, 15) is 14.9 Å². The van der Waals surface area contributed by atoms with Crippen LogP contribution in [0, 0.1) is 10.1 Å². The molecule has 2 atom stereocenters. The Bertz CT molecular complexity index is 605. The number of hydrogen-bond donors (Lipinski definition) is 1. The van der Waals surface area contributed by atoms with E-state index in [1.54, 1.807) is 12.1 Å². The van der Waals surface area contributed by atoms with Crippen LogP contribution in [0.15, 0.2) is 24.3 Å². The van der Waals surface area contributed by atoms with Crippen molar-refractivity contribution in [1.29, 1.82) is 0 Å². The lowest BCUT2D eigenvalue weighted by atomic mass is 9.81. The average molecular weight is 331 g/mol. The largest absolute Gasteiger partial charge is 0.349 e. The molecule has 2 bridgehead atoms. The van der Waals surface area contributed by atoms with Gasteiger partial charge in [0, 0.05) is 35.8 Å². The first-order valence-corrected chi connectivity index (χ1v) is 8.89. The number of nitrogens with one attached hydrogen (secondary N) is 1. The first kappa shape index (κ1) is 16.9. The SMILES string of the molecule is CCCN1[C@@H]2CCC[C@@H]1CC(NC(=O)c1cccc([N+](=O)[O-])c1)C2. The zero-order chi connectivity index (χ0) is 17.1. The fraction of sp³-hybridized carbons (Fsp3) is 0.611. The highest BCUT2D eigenvalue weighted by Crippen LogP contribution is 2.34. The summed E-state index contributed by atoms with van der Waals surface area (Å²) >= 11 is 0. The number of nitro benzene ring substituents is 1. The molecule has 2 fully saturated rings. The summed E-state index contributed by atoms with van der Waals surface area (Å²) in [5.74, 6) is -0.203. The Balaban J connectivity index is 1.65. The van der Waals surface area contributed by atoms with Gasteiger partial charge in [0.25, 0.3) is 11.6 Å². The molecule has 0 radical (unpaired) electrons. The van der Waals surface area contributed by atoms with Gasteiger partial charge in [-0.1, -0.05) is 19.4 Å². The van der Waals surface area contributed by atoms with E-state index in [1.165, 1.54) is 31.4 Å². The van der Waals surface area contributed by atoms with Crippen LogP contribution >= 0.6 is 0 Å². The van der Waals surface area contributed by atoms with E-state index < -0.39 is 4.92 Å². The molecule has 0 aromatic heterocycles. The van der Waals surface area contributed by atoms with Gasteiger partial charge >= 0.3 is 0 Å². The summed E-state index contributed by atoms with van der Waals surface area (Å²) < 4.78 is 0. The predicted molar refractivity (Wildman–Crippen MR) is 92.0 cm³/mol. The third-order valence-corrected chi connectivity index (χ3v) is 5.26. The first-order valence-electron chi connectivity index (χ1n) is 8.89. The van der Waals surface area contributed by atoms with Crippen LogP contribution in [0.3, 0.4) is 0 Å². The van der Waals surface area contributed by atoms with Crippen molar-refractivity contribution in [3.63, 3.8) is 0 Å². The number of nitro groups is 1. The Morgan fingerprint density at radius 1 is 1.33 bits per heavy atom. The highest BCUT2D eigenvalue weighted by atomic mass is 16.6. The smallest absolute Gasteiger partial charge is 0.270 e. The number of nitrogens with zero attached hydrogens (tertiary/aromatic N) is 2. The van der Waals surface area contributed by atoms with E-state index in [4.69, 9.17) is 0 Å². The molecule has 2 aliphatic rings. The van der Waals surface area contributed by atoms with E-state index in [0.717, 1.165) is 25.8 Å². The molecule has 0 spiro atoms. The number of benzene rings is 1. The Kier molecular flexibility index (Phi) is 5.14. The van der Waals surface area contributed by atoms with Gasteiger partial charge in [-0.05, 0) is 44.7 Å². The maximum atomic E-state index is 12.5. The number of amides is 1. The number of hydrogen-bond acceptors (Lipinski definition) is 4. The van der Waals surface area contributed by atoms with Crippen LogP contribution in [-0.2, 0) is 0 Å². The average Bonchev–Trinajstić information content (AvgIpc) is 2.55. The third-order valence-electron chi connectivity index (χ3n) is 5.26. The highest BCUT2D eigenvalue weighted by molar-refractivity contribution is 5.95. The summed E-state index contributed by atoms with van der Waals surface area (Å²) in [6.07, 6.45) is 6.83. The van der Waals surface area contributed by atoms with Crippen LogP contribution in [0.2, 0.25) is 0 Å². The molecule has 0 aliphatic carbocycles. The number of carbonyl (C=O) groups is 1. The predicted octanol–water partition coefficient (Wildman–Crippen LogP) is 3.12. The summed E-state index contributed by atoms with van der Waals surface area (Å²) in [4.78, 5) is 25.5. The third kappa shape index (κ3) is 3.59. The minimum Gasteiger partial charge on any atom is -0.349 e. The van der Waals surface area contributed by atoms with Crippen molar-refractivity contribution in [2.45, 2.75) is 63.6 Å². The summed E-state index contributed by atoms with van der Waals surface area (Å²) in [5, 5.41) is 14.0. The maximum Gasteiger partial charge on any atom is 0.270 e. The minimum absolute atomic E-state index is 0.0442. The monoisotopic (exact) mass is 331 g/mol. The lowest BCUT2D eigenvalue weighted by molar-refractivity contribution is -0.384. The van der Waals surface area contributed by atoms with Gasteiger partial charge in [0.05, 0.1) is 4.92 Å². The molecule has 0 unspecified atom stereocenters. The van der Waals surface area contributed by atoms with Crippen molar-refractivity contribution in [2.75, 3.05) is 6.54 Å². The second-order valence-corrected chi connectivity index (χ2v) is 6.93. The summed E-state index contributed by atoms with van der Waals surface area (Å²) in [5.41, 5.74) is 0.322. The maximum absolute atomic E-state index is 12.5. The van der Waals surface area contributed by atoms with Crippen LogP contribution in [-0.4, -0.2) is 40.4 Å². The van der Waals surface area contributed by atoms with Gasteiger partial charge in [-0.3, -0.25) is 19.8 Å². The lowest BCUT2D eigenvalue weighted by Gasteiger charge is -2.49. The zero-order valence-electron chi connectivity index (χ0n) is 14.1. The molecule has 3 rings (SSSR count). The molecule has 2 heterocycles. The molecule has 1 N–H and O–H groups in total. The first-order chi connectivity index (χ1) is 11.6. The Hall–Kier alpha value is -1.95. The second kappa shape index (κ2) is 7.30. The number of carbonyl (C=O) groups excluding carboxylic acids is 1. The summed E-state index contributed by atoms with van der Waals surface area (Å²) in [6.45, 7) is 3.35. The summed E-state index contributed by atoms with van der Waals surface area (Å²) in [7, 11) is 0. The normalized spacial score (nSPS) is 26.8. The Morgan fingerprint density at radius 3 is 2.67 bits per heavy atom. The van der Waals surface area contributed by atoms with Gasteiger partial charge < -0.3 is 5.32 Å². The number of rotatable bonds is 5. The van der Waals surface area contributed by atoms with Crippen LogP contribution in [0.25, 0.3) is 0 Å². The Morgan fingerprint density at radius 2 is 2.04 bits per heavy atom. The molecule has 6 nitrogen and oxygen atoms in total. The molecular weight excluding hydrogens is 306 g/mol. The van der Waals surface area contributed by atoms with Crippen molar-refractivity contribution in [3.05, 3.63) is 39.9 Å². The quantitative estimate of drug-likeness (QED) is 0.664. The van der Waals surface area contributed by atoms with Crippen molar-refractivity contribution in [3.8, 4) is 0 Å². The number of fused-ring (bicyclic) bond motifs is 2. The van der Waals surface area contributed by atoms with Crippen LogP contribution in [0.1, 0.15) is 55.8 Å².